The summed E-state index contributed by atoms with van der Waals surface area (Å²) in [5.41, 5.74) is -0.106. The van der Waals surface area contributed by atoms with Crippen molar-refractivity contribution in [1.29, 1.82) is 0 Å². The Labute approximate surface area is 93.8 Å². The Kier molecular flexibility index (Phi) is 4.36. The largest absolute Gasteiger partial charge is 0.396 e. The van der Waals surface area contributed by atoms with Crippen LogP contribution in [0.1, 0.15) is 20.3 Å². The predicted molar refractivity (Wildman–Crippen MR) is 56.3 cm³/mol. The molecule has 7 nitrogen and oxygen atoms in total. The molecular weight excluding hydrogens is 210 g/mol. The number of nitrogens with zero attached hydrogens (tertiary/aromatic N) is 4. The highest BCUT2D eigenvalue weighted by Gasteiger charge is 2.18. The summed E-state index contributed by atoms with van der Waals surface area (Å²) in [6.45, 7) is 4.73. The number of aliphatic hydroxyl groups is 1. The van der Waals surface area contributed by atoms with E-state index in [4.69, 9.17) is 5.11 Å². The molecule has 1 heterocycles. The normalized spacial score (nSPS) is 11.4. The highest BCUT2D eigenvalue weighted by Crippen LogP contribution is 2.17. The molecule has 0 saturated heterocycles. The second kappa shape index (κ2) is 5.55. The van der Waals surface area contributed by atoms with E-state index >= 15 is 0 Å². The summed E-state index contributed by atoms with van der Waals surface area (Å²) in [5.74, 6) is -0.140. The molecule has 1 aromatic rings. The van der Waals surface area contributed by atoms with Crippen molar-refractivity contribution in [3.05, 3.63) is 6.33 Å². The van der Waals surface area contributed by atoms with Crippen LogP contribution in [0.4, 0.5) is 0 Å². The molecule has 1 aromatic heterocycles. The molecule has 0 saturated carbocycles. The van der Waals surface area contributed by atoms with E-state index in [0.29, 0.717) is 13.0 Å². The van der Waals surface area contributed by atoms with E-state index in [1.807, 2.05) is 13.8 Å². The van der Waals surface area contributed by atoms with Gasteiger partial charge in [-0.25, -0.2) is 4.68 Å². The summed E-state index contributed by atoms with van der Waals surface area (Å²) in [5, 5.41) is 22.1. The van der Waals surface area contributed by atoms with Crippen LogP contribution in [0.15, 0.2) is 6.33 Å². The van der Waals surface area contributed by atoms with E-state index in [0.717, 1.165) is 0 Å². The summed E-state index contributed by atoms with van der Waals surface area (Å²) < 4.78 is 1.36. The zero-order valence-electron chi connectivity index (χ0n) is 9.55. The molecule has 1 amide bonds. The molecule has 0 radical (unpaired) electrons. The van der Waals surface area contributed by atoms with E-state index < -0.39 is 0 Å². The Morgan fingerprint density at radius 2 is 2.31 bits per heavy atom. The lowest BCUT2D eigenvalue weighted by Crippen LogP contribution is -2.36. The van der Waals surface area contributed by atoms with Crippen molar-refractivity contribution < 1.29 is 9.90 Å². The molecule has 0 bridgehead atoms. The van der Waals surface area contributed by atoms with Gasteiger partial charge in [0.1, 0.15) is 12.9 Å². The Morgan fingerprint density at radius 1 is 1.56 bits per heavy atom. The van der Waals surface area contributed by atoms with Crippen molar-refractivity contribution in [2.45, 2.75) is 26.8 Å². The maximum Gasteiger partial charge on any atom is 0.241 e. The molecule has 0 aliphatic carbocycles. The molecule has 0 atom stereocenters. The van der Waals surface area contributed by atoms with Gasteiger partial charge >= 0.3 is 0 Å². The number of aromatic nitrogens is 4. The summed E-state index contributed by atoms with van der Waals surface area (Å²) in [4.78, 5) is 11.5. The van der Waals surface area contributed by atoms with E-state index in [1.165, 1.54) is 11.0 Å². The molecule has 1 rings (SSSR count). The lowest BCUT2D eigenvalue weighted by atomic mass is 9.90. The number of tetrazole rings is 1. The molecule has 0 aliphatic rings. The van der Waals surface area contributed by atoms with Gasteiger partial charge < -0.3 is 10.4 Å². The van der Waals surface area contributed by atoms with Gasteiger partial charge in [0.2, 0.25) is 5.91 Å². The molecular formula is C9H17N5O2. The molecule has 90 valence electrons. The Morgan fingerprint density at radius 3 is 2.88 bits per heavy atom. The van der Waals surface area contributed by atoms with Crippen LogP contribution in [0.25, 0.3) is 0 Å². The summed E-state index contributed by atoms with van der Waals surface area (Å²) in [6.07, 6.45) is 2.04. The third kappa shape index (κ3) is 4.35. The average molecular weight is 227 g/mol. The van der Waals surface area contributed by atoms with E-state index in [9.17, 15) is 4.79 Å². The zero-order valence-corrected chi connectivity index (χ0v) is 9.55. The molecule has 0 spiro atoms. The Balaban J connectivity index is 2.30. The third-order valence-electron chi connectivity index (χ3n) is 2.25. The van der Waals surface area contributed by atoms with Gasteiger partial charge in [0, 0.05) is 13.2 Å². The van der Waals surface area contributed by atoms with Crippen LogP contribution in [-0.2, 0) is 11.3 Å². The zero-order chi connectivity index (χ0) is 12.0. The van der Waals surface area contributed by atoms with Crippen LogP contribution in [0.2, 0.25) is 0 Å². The van der Waals surface area contributed by atoms with Gasteiger partial charge in [-0.15, -0.1) is 5.10 Å². The van der Waals surface area contributed by atoms with Crippen molar-refractivity contribution in [3.8, 4) is 0 Å². The second-order valence-electron chi connectivity index (χ2n) is 4.42. The summed E-state index contributed by atoms with van der Waals surface area (Å²) >= 11 is 0. The third-order valence-corrected chi connectivity index (χ3v) is 2.25. The maximum absolute atomic E-state index is 11.5. The first kappa shape index (κ1) is 12.6. The van der Waals surface area contributed by atoms with E-state index in [1.54, 1.807) is 0 Å². The van der Waals surface area contributed by atoms with Crippen LogP contribution in [-0.4, -0.2) is 44.4 Å². The van der Waals surface area contributed by atoms with E-state index in [2.05, 4.69) is 20.8 Å². The van der Waals surface area contributed by atoms with E-state index in [-0.39, 0.29) is 24.5 Å². The van der Waals surface area contributed by atoms with Crippen molar-refractivity contribution >= 4 is 5.91 Å². The van der Waals surface area contributed by atoms with Gasteiger partial charge in [0.25, 0.3) is 0 Å². The fourth-order valence-electron chi connectivity index (χ4n) is 1.18. The first-order chi connectivity index (χ1) is 7.53. The van der Waals surface area contributed by atoms with Gasteiger partial charge in [-0.3, -0.25) is 4.79 Å². The highest BCUT2D eigenvalue weighted by atomic mass is 16.3. The van der Waals surface area contributed by atoms with Gasteiger partial charge in [0.15, 0.2) is 0 Å². The Bertz CT molecular complexity index is 323. The van der Waals surface area contributed by atoms with Gasteiger partial charge in [0.05, 0.1) is 0 Å². The van der Waals surface area contributed by atoms with Crippen LogP contribution < -0.4 is 5.32 Å². The number of aliphatic hydroxyl groups excluding tert-OH is 1. The number of rotatable bonds is 6. The fourth-order valence-corrected chi connectivity index (χ4v) is 1.18. The first-order valence-corrected chi connectivity index (χ1v) is 5.12. The minimum absolute atomic E-state index is 0.106. The number of hydrogen-bond acceptors (Lipinski definition) is 5. The molecule has 16 heavy (non-hydrogen) atoms. The van der Waals surface area contributed by atoms with Crippen molar-refractivity contribution in [1.82, 2.24) is 25.5 Å². The first-order valence-electron chi connectivity index (χ1n) is 5.12. The van der Waals surface area contributed by atoms with Crippen LogP contribution in [0.5, 0.6) is 0 Å². The number of carbonyl (C=O) groups excluding carboxylic acids is 1. The molecule has 0 aliphatic heterocycles. The standard InChI is InChI=1S/C9H17N5O2/c1-9(2,3-4-15)6-10-8(16)5-14-7-11-12-13-14/h7,15H,3-6H2,1-2H3,(H,10,16). The van der Waals surface area contributed by atoms with Gasteiger partial charge in [-0.2, -0.15) is 0 Å². The molecule has 0 aromatic carbocycles. The molecule has 0 fully saturated rings. The maximum atomic E-state index is 11.5. The number of hydrogen-bond donors (Lipinski definition) is 2. The SMILES string of the molecule is CC(C)(CCO)CNC(=O)Cn1cnnn1. The molecule has 7 heteroatoms. The Hall–Kier alpha value is -1.50. The topological polar surface area (TPSA) is 92.9 Å². The van der Waals surface area contributed by atoms with Gasteiger partial charge in [-0.1, -0.05) is 13.8 Å². The van der Waals surface area contributed by atoms with Crippen LogP contribution in [0, 0.1) is 5.41 Å². The smallest absolute Gasteiger partial charge is 0.241 e. The minimum Gasteiger partial charge on any atom is -0.396 e. The van der Waals surface area contributed by atoms with Crippen molar-refractivity contribution in [2.75, 3.05) is 13.2 Å². The molecule has 0 unspecified atom stereocenters. The van der Waals surface area contributed by atoms with Crippen molar-refractivity contribution in [2.24, 2.45) is 5.41 Å². The second-order valence-corrected chi connectivity index (χ2v) is 4.42. The lowest BCUT2D eigenvalue weighted by molar-refractivity contribution is -0.122. The number of nitrogens with one attached hydrogen (secondary N) is 1. The van der Waals surface area contributed by atoms with Crippen molar-refractivity contribution in [3.63, 3.8) is 0 Å². The predicted octanol–water partition coefficient (Wildman–Crippen LogP) is -0.802. The number of carbonyl (C=O) groups is 1. The quantitative estimate of drug-likeness (QED) is 0.663. The molecule has 2 N–H and O–H groups in total. The average Bonchev–Trinajstić information content (AvgIpc) is 2.68. The van der Waals surface area contributed by atoms with Crippen LogP contribution in [0.3, 0.4) is 0 Å². The fraction of sp³-hybridized carbons (Fsp3) is 0.778. The van der Waals surface area contributed by atoms with Gasteiger partial charge in [-0.05, 0) is 22.3 Å². The highest BCUT2D eigenvalue weighted by molar-refractivity contribution is 5.75. The summed E-state index contributed by atoms with van der Waals surface area (Å²) in [6, 6.07) is 0. The summed E-state index contributed by atoms with van der Waals surface area (Å²) in [7, 11) is 0. The monoisotopic (exact) mass is 227 g/mol. The minimum atomic E-state index is -0.140. The van der Waals surface area contributed by atoms with Crippen LogP contribution >= 0.6 is 0 Å². The lowest BCUT2D eigenvalue weighted by Gasteiger charge is -2.23. The number of amides is 1.